The van der Waals surface area contributed by atoms with Gasteiger partial charge in [-0.15, -0.1) is 0 Å². The van der Waals surface area contributed by atoms with E-state index in [4.69, 9.17) is 14.6 Å². The van der Waals surface area contributed by atoms with Crippen molar-refractivity contribution < 1.29 is 38.9 Å². The average molecular weight is 601 g/mol. The van der Waals surface area contributed by atoms with Crippen LogP contribution in [0.15, 0.2) is 11.6 Å². The molecule has 2 N–H and O–H groups in total. The fourth-order valence-electron chi connectivity index (χ4n) is 10.9. The van der Waals surface area contributed by atoms with Crippen molar-refractivity contribution in [2.24, 2.45) is 51.2 Å². The number of ether oxygens (including phenoxy) is 2. The van der Waals surface area contributed by atoms with E-state index in [1.54, 1.807) is 0 Å². The van der Waals surface area contributed by atoms with Gasteiger partial charge in [0.05, 0.1) is 5.41 Å². The van der Waals surface area contributed by atoms with E-state index in [0.29, 0.717) is 24.2 Å². The molecule has 5 rings (SSSR count). The Labute approximate surface area is 256 Å². The van der Waals surface area contributed by atoms with Gasteiger partial charge in [-0.05, 0) is 116 Å². The molecule has 8 heteroatoms. The number of allylic oxidation sites excluding steroid dienone is 2. The summed E-state index contributed by atoms with van der Waals surface area (Å²) in [6.07, 6.45) is 12.1. The molecule has 0 heterocycles. The van der Waals surface area contributed by atoms with Crippen LogP contribution in [0.3, 0.4) is 0 Å². The number of aliphatic carboxylic acids is 2. The van der Waals surface area contributed by atoms with Crippen LogP contribution < -0.4 is 0 Å². The fourth-order valence-corrected chi connectivity index (χ4v) is 10.9. The molecule has 9 unspecified atom stereocenters. The second-order valence-corrected chi connectivity index (χ2v) is 16.0. The average Bonchev–Trinajstić information content (AvgIpc) is 2.92. The Kier molecular flexibility index (Phi) is 8.58. The van der Waals surface area contributed by atoms with E-state index in [1.807, 2.05) is 0 Å². The third-order valence-corrected chi connectivity index (χ3v) is 13.2. The Hall–Kier alpha value is -2.38. The predicted molar refractivity (Wildman–Crippen MR) is 160 cm³/mol. The highest BCUT2D eigenvalue weighted by Gasteiger charge is 2.64. The molecule has 0 spiro atoms. The lowest BCUT2D eigenvalue weighted by atomic mass is 9.38. The summed E-state index contributed by atoms with van der Waals surface area (Å²) < 4.78 is 11.4. The smallest absolute Gasteiger partial charge is 0.341 e. The number of carboxylic acid groups (broad SMARTS) is 2. The van der Waals surface area contributed by atoms with E-state index in [2.05, 4.69) is 40.7 Å². The second kappa shape index (κ2) is 11.5. The van der Waals surface area contributed by atoms with E-state index in [1.165, 1.54) is 5.57 Å². The molecule has 5 aliphatic rings. The SMILES string of the molecule is CC1C(OC(=O)CCCC(=O)O)CCC2(C)C1CCC1(C)C3CCC4(C(=O)OCC(=O)O)CCC(C)(C)CC4C3=CCC12. The number of carbonyl (C=O) groups is 4. The molecule has 0 saturated heterocycles. The summed E-state index contributed by atoms with van der Waals surface area (Å²) in [6.45, 7) is 11.2. The largest absolute Gasteiger partial charge is 0.481 e. The zero-order valence-electron chi connectivity index (χ0n) is 26.8. The van der Waals surface area contributed by atoms with Gasteiger partial charge in [-0.25, -0.2) is 4.79 Å². The van der Waals surface area contributed by atoms with Crippen LogP contribution in [-0.2, 0) is 28.7 Å². The van der Waals surface area contributed by atoms with Crippen molar-refractivity contribution in [3.05, 3.63) is 11.6 Å². The molecule has 0 aromatic rings. The maximum Gasteiger partial charge on any atom is 0.341 e. The fraction of sp³-hybridized carbons (Fsp3) is 0.829. The molecule has 0 aromatic carbocycles. The third-order valence-electron chi connectivity index (χ3n) is 13.2. The monoisotopic (exact) mass is 600 g/mol. The van der Waals surface area contributed by atoms with Crippen LogP contribution >= 0.6 is 0 Å². The van der Waals surface area contributed by atoms with Crippen LogP contribution in [0.2, 0.25) is 0 Å². The molecule has 240 valence electrons. The summed E-state index contributed by atoms with van der Waals surface area (Å²) in [4.78, 5) is 48.2. The van der Waals surface area contributed by atoms with E-state index in [0.717, 1.165) is 64.2 Å². The molecular formula is C35H52O8. The first-order valence-electron chi connectivity index (χ1n) is 16.6. The third kappa shape index (κ3) is 5.65. The Morgan fingerprint density at radius 2 is 1.58 bits per heavy atom. The summed E-state index contributed by atoms with van der Waals surface area (Å²) in [6, 6.07) is 0. The van der Waals surface area contributed by atoms with Crippen LogP contribution in [0.5, 0.6) is 0 Å². The van der Waals surface area contributed by atoms with E-state index < -0.39 is 24.0 Å². The standard InChI is InChI=1S/C35H52O8/c1-21-23-11-14-34(5)24-12-16-35(31(41)42-20-29(38)39)18-17-32(2,3)19-25(35)22(24)9-10-27(34)33(23,4)15-13-26(21)43-30(40)8-6-7-28(36)37/h9,21,23-27H,6-8,10-20H2,1-5H3,(H,36,37)(H,38,39). The molecular weight excluding hydrogens is 548 g/mol. The van der Waals surface area contributed by atoms with E-state index in [-0.39, 0.29) is 59.0 Å². The summed E-state index contributed by atoms with van der Waals surface area (Å²) in [5, 5.41) is 18.1. The molecule has 8 nitrogen and oxygen atoms in total. The minimum Gasteiger partial charge on any atom is -0.481 e. The molecule has 43 heavy (non-hydrogen) atoms. The molecule has 4 fully saturated rings. The Morgan fingerprint density at radius 1 is 0.860 bits per heavy atom. The first-order valence-corrected chi connectivity index (χ1v) is 16.6. The van der Waals surface area contributed by atoms with Gasteiger partial charge in [-0.3, -0.25) is 14.4 Å². The highest BCUT2D eigenvalue weighted by molar-refractivity contribution is 5.81. The molecule has 9 atom stereocenters. The van der Waals surface area contributed by atoms with Crippen molar-refractivity contribution in [3.63, 3.8) is 0 Å². The molecule has 0 radical (unpaired) electrons. The molecule has 0 bridgehead atoms. The summed E-state index contributed by atoms with van der Waals surface area (Å²) in [5.41, 5.74) is 1.17. The van der Waals surface area contributed by atoms with Gasteiger partial charge in [0.1, 0.15) is 6.10 Å². The number of esters is 2. The van der Waals surface area contributed by atoms with E-state index in [9.17, 15) is 24.3 Å². The van der Waals surface area contributed by atoms with Crippen molar-refractivity contribution in [2.75, 3.05) is 6.61 Å². The Balaban J connectivity index is 1.37. The van der Waals surface area contributed by atoms with Crippen LogP contribution in [0.1, 0.15) is 118 Å². The molecule has 0 aliphatic heterocycles. The topological polar surface area (TPSA) is 127 Å². The van der Waals surface area contributed by atoms with Gasteiger partial charge < -0.3 is 19.7 Å². The minimum atomic E-state index is -1.11. The maximum absolute atomic E-state index is 13.6. The minimum absolute atomic E-state index is 0.0179. The molecule has 0 amide bonds. The summed E-state index contributed by atoms with van der Waals surface area (Å²) in [5.74, 6) is -0.896. The normalized spacial score (nSPS) is 41.3. The molecule has 5 aliphatic carbocycles. The lowest BCUT2D eigenvalue weighted by molar-refractivity contribution is -0.183. The Morgan fingerprint density at radius 3 is 2.28 bits per heavy atom. The lowest BCUT2D eigenvalue weighted by Crippen LogP contribution is -2.60. The van der Waals surface area contributed by atoms with Crippen molar-refractivity contribution in [1.82, 2.24) is 0 Å². The predicted octanol–water partition coefficient (Wildman–Crippen LogP) is 6.80. The highest BCUT2D eigenvalue weighted by atomic mass is 16.6. The van der Waals surface area contributed by atoms with Crippen molar-refractivity contribution in [2.45, 2.75) is 124 Å². The number of rotatable bonds is 8. The van der Waals surface area contributed by atoms with Gasteiger partial charge in [-0.2, -0.15) is 0 Å². The van der Waals surface area contributed by atoms with Crippen LogP contribution in [-0.4, -0.2) is 46.8 Å². The first kappa shape index (κ1) is 32.0. The van der Waals surface area contributed by atoms with Gasteiger partial charge in [-0.1, -0.05) is 46.3 Å². The molecule has 4 saturated carbocycles. The zero-order chi connectivity index (χ0) is 31.4. The van der Waals surface area contributed by atoms with Gasteiger partial charge in [0.2, 0.25) is 0 Å². The first-order chi connectivity index (χ1) is 20.1. The number of hydrogen-bond donors (Lipinski definition) is 2. The zero-order valence-corrected chi connectivity index (χ0v) is 26.8. The number of carboxylic acids is 2. The van der Waals surface area contributed by atoms with Gasteiger partial charge in [0.15, 0.2) is 6.61 Å². The van der Waals surface area contributed by atoms with Crippen molar-refractivity contribution >= 4 is 23.9 Å². The van der Waals surface area contributed by atoms with E-state index >= 15 is 0 Å². The lowest BCUT2D eigenvalue weighted by Gasteiger charge is -2.66. The molecule has 0 aromatic heterocycles. The quantitative estimate of drug-likeness (QED) is 0.230. The Bertz CT molecular complexity index is 1170. The van der Waals surface area contributed by atoms with Crippen LogP contribution in [0, 0.1) is 51.2 Å². The van der Waals surface area contributed by atoms with Gasteiger partial charge >= 0.3 is 23.9 Å². The van der Waals surface area contributed by atoms with Crippen molar-refractivity contribution in [3.8, 4) is 0 Å². The number of fused-ring (bicyclic) bond motifs is 7. The van der Waals surface area contributed by atoms with Crippen molar-refractivity contribution in [1.29, 1.82) is 0 Å². The van der Waals surface area contributed by atoms with Crippen LogP contribution in [0.4, 0.5) is 0 Å². The summed E-state index contributed by atoms with van der Waals surface area (Å²) in [7, 11) is 0. The second-order valence-electron chi connectivity index (χ2n) is 16.0. The highest BCUT2D eigenvalue weighted by Crippen LogP contribution is 2.71. The van der Waals surface area contributed by atoms with Crippen LogP contribution in [0.25, 0.3) is 0 Å². The number of hydrogen-bond acceptors (Lipinski definition) is 6. The van der Waals surface area contributed by atoms with Gasteiger partial charge in [0, 0.05) is 12.8 Å². The maximum atomic E-state index is 13.6. The summed E-state index contributed by atoms with van der Waals surface area (Å²) >= 11 is 0. The van der Waals surface area contributed by atoms with Gasteiger partial charge in [0.25, 0.3) is 0 Å². The number of carbonyl (C=O) groups excluding carboxylic acids is 2.